The minimum Gasteiger partial charge on any atom is -0.357 e. The van der Waals surface area contributed by atoms with Crippen LogP contribution < -0.4 is 10.2 Å². The monoisotopic (exact) mass is 412 g/mol. The summed E-state index contributed by atoms with van der Waals surface area (Å²) < 4.78 is 1.75. The fourth-order valence-corrected chi connectivity index (χ4v) is 4.76. The Bertz CT molecular complexity index is 860. The minimum absolute atomic E-state index is 0.0793. The van der Waals surface area contributed by atoms with E-state index in [2.05, 4.69) is 40.1 Å². The molecule has 2 aliphatic heterocycles. The van der Waals surface area contributed by atoms with Gasteiger partial charge in [0.2, 0.25) is 0 Å². The molecule has 2 aromatic rings. The molecule has 2 fully saturated rings. The summed E-state index contributed by atoms with van der Waals surface area (Å²) in [7, 11) is 1.88. The van der Waals surface area contributed by atoms with Crippen LogP contribution in [0.25, 0.3) is 11.0 Å². The summed E-state index contributed by atoms with van der Waals surface area (Å²) in [5, 5.41) is 8.58. The zero-order chi connectivity index (χ0) is 21.1. The molecule has 0 unspecified atom stereocenters. The molecule has 1 amide bonds. The van der Waals surface area contributed by atoms with E-state index < -0.39 is 0 Å². The van der Waals surface area contributed by atoms with E-state index in [1.54, 1.807) is 4.68 Å². The topological polar surface area (TPSA) is 66.3 Å². The third-order valence-electron chi connectivity index (χ3n) is 6.66. The van der Waals surface area contributed by atoms with Gasteiger partial charge in [-0.25, -0.2) is 9.67 Å². The molecular formula is C23H36N6O. The molecule has 0 bridgehead atoms. The summed E-state index contributed by atoms with van der Waals surface area (Å²) in [5.41, 5.74) is 1.28. The molecule has 164 valence electrons. The Morgan fingerprint density at radius 2 is 1.70 bits per heavy atom. The number of carbonyl (C=O) groups excluding carboxylic acids is 1. The third-order valence-corrected chi connectivity index (χ3v) is 6.66. The number of pyridine rings is 1. The minimum atomic E-state index is -0.0793. The van der Waals surface area contributed by atoms with Gasteiger partial charge in [-0.15, -0.1) is 0 Å². The Kier molecular flexibility index (Phi) is 6.56. The molecule has 2 saturated heterocycles. The number of aromatic nitrogens is 3. The van der Waals surface area contributed by atoms with Crippen LogP contribution in [0.1, 0.15) is 69.3 Å². The largest absolute Gasteiger partial charge is 0.357 e. The molecule has 7 nitrogen and oxygen atoms in total. The molecular weight excluding hydrogens is 376 g/mol. The highest BCUT2D eigenvalue weighted by Crippen LogP contribution is 2.23. The summed E-state index contributed by atoms with van der Waals surface area (Å²) in [6.07, 6.45) is 8.35. The molecule has 0 aromatic carbocycles. The van der Waals surface area contributed by atoms with Gasteiger partial charge in [0.15, 0.2) is 11.3 Å². The summed E-state index contributed by atoms with van der Waals surface area (Å²) in [6.45, 7) is 8.64. The molecule has 0 aliphatic carbocycles. The van der Waals surface area contributed by atoms with Crippen molar-refractivity contribution in [1.82, 2.24) is 25.0 Å². The van der Waals surface area contributed by atoms with Gasteiger partial charge in [-0.3, -0.25) is 4.79 Å². The summed E-state index contributed by atoms with van der Waals surface area (Å²) in [5.74, 6) is 0.921. The number of aryl methyl sites for hydroxylation is 1. The number of nitrogens with one attached hydrogen (secondary N) is 1. The van der Waals surface area contributed by atoms with Crippen molar-refractivity contribution in [1.29, 1.82) is 0 Å². The van der Waals surface area contributed by atoms with Gasteiger partial charge in [-0.2, -0.15) is 5.10 Å². The van der Waals surface area contributed by atoms with Crippen molar-refractivity contribution in [3.8, 4) is 0 Å². The first-order valence-electron chi connectivity index (χ1n) is 11.7. The summed E-state index contributed by atoms with van der Waals surface area (Å²) in [4.78, 5) is 22.7. The lowest BCUT2D eigenvalue weighted by atomic mass is 10.0. The molecule has 30 heavy (non-hydrogen) atoms. The smallest absolute Gasteiger partial charge is 0.272 e. The van der Waals surface area contributed by atoms with Gasteiger partial charge in [0.25, 0.3) is 5.91 Å². The maximum absolute atomic E-state index is 13.0. The molecule has 0 spiro atoms. The second kappa shape index (κ2) is 9.33. The van der Waals surface area contributed by atoms with Crippen LogP contribution in [0.3, 0.4) is 0 Å². The first-order chi connectivity index (χ1) is 14.5. The molecule has 0 atom stereocenters. The van der Waals surface area contributed by atoms with E-state index >= 15 is 0 Å². The average Bonchev–Trinajstić information content (AvgIpc) is 3.04. The van der Waals surface area contributed by atoms with Crippen molar-refractivity contribution < 1.29 is 4.79 Å². The van der Waals surface area contributed by atoms with Gasteiger partial charge in [0.1, 0.15) is 5.82 Å². The van der Waals surface area contributed by atoms with Gasteiger partial charge in [0, 0.05) is 45.3 Å². The number of fused-ring (bicyclic) bond motifs is 1. The van der Waals surface area contributed by atoms with Crippen LogP contribution in [0, 0.1) is 0 Å². The Hall–Kier alpha value is -2.15. The van der Waals surface area contributed by atoms with Gasteiger partial charge in [-0.1, -0.05) is 19.3 Å². The number of piperidine rings is 1. The molecule has 7 heteroatoms. The number of carbonyl (C=O) groups is 1. The quantitative estimate of drug-likeness (QED) is 0.834. The van der Waals surface area contributed by atoms with Crippen LogP contribution in [0.5, 0.6) is 0 Å². The first kappa shape index (κ1) is 21.1. The predicted molar refractivity (Wildman–Crippen MR) is 121 cm³/mol. The summed E-state index contributed by atoms with van der Waals surface area (Å²) in [6, 6.07) is 4.87. The van der Waals surface area contributed by atoms with Gasteiger partial charge in [-0.05, 0) is 51.7 Å². The Balaban J connectivity index is 1.47. The normalized spacial score (nSPS) is 19.8. The van der Waals surface area contributed by atoms with Crippen molar-refractivity contribution in [3.63, 3.8) is 0 Å². The zero-order valence-corrected chi connectivity index (χ0v) is 18.7. The number of likely N-dealkylation sites (tertiary alicyclic amines) is 1. The average molecular weight is 413 g/mol. The number of rotatable bonds is 4. The lowest BCUT2D eigenvalue weighted by Gasteiger charge is -2.34. The van der Waals surface area contributed by atoms with Crippen molar-refractivity contribution >= 4 is 22.8 Å². The van der Waals surface area contributed by atoms with Crippen molar-refractivity contribution in [3.05, 3.63) is 17.8 Å². The number of anilines is 1. The van der Waals surface area contributed by atoms with Crippen LogP contribution in [-0.4, -0.2) is 63.8 Å². The number of hydrogen-bond acceptors (Lipinski definition) is 5. The molecule has 1 N–H and O–H groups in total. The fraction of sp³-hybridized carbons (Fsp3) is 0.696. The first-order valence-corrected chi connectivity index (χ1v) is 11.7. The maximum atomic E-state index is 13.0. The zero-order valence-electron chi connectivity index (χ0n) is 18.7. The van der Waals surface area contributed by atoms with Crippen molar-refractivity contribution in [2.45, 2.75) is 70.9 Å². The van der Waals surface area contributed by atoms with Crippen molar-refractivity contribution in [2.24, 2.45) is 7.05 Å². The van der Waals surface area contributed by atoms with Gasteiger partial charge < -0.3 is 15.1 Å². The maximum Gasteiger partial charge on any atom is 0.272 e. The molecule has 4 heterocycles. The third kappa shape index (κ3) is 4.61. The highest BCUT2D eigenvalue weighted by Gasteiger charge is 2.25. The van der Waals surface area contributed by atoms with Gasteiger partial charge in [0.05, 0.1) is 5.39 Å². The lowest BCUT2D eigenvalue weighted by Crippen LogP contribution is -2.46. The Labute approximate surface area is 179 Å². The predicted octanol–water partition coefficient (Wildman–Crippen LogP) is 3.34. The molecule has 4 rings (SSSR count). The Morgan fingerprint density at radius 3 is 2.37 bits per heavy atom. The molecule has 0 radical (unpaired) electrons. The van der Waals surface area contributed by atoms with Crippen LogP contribution in [-0.2, 0) is 7.05 Å². The summed E-state index contributed by atoms with van der Waals surface area (Å²) >= 11 is 0. The van der Waals surface area contributed by atoms with Crippen LogP contribution in [0.15, 0.2) is 12.1 Å². The lowest BCUT2D eigenvalue weighted by molar-refractivity contribution is 0.0896. The van der Waals surface area contributed by atoms with E-state index in [0.29, 0.717) is 11.7 Å². The second-order valence-corrected chi connectivity index (χ2v) is 9.15. The van der Waals surface area contributed by atoms with E-state index in [1.165, 1.54) is 32.1 Å². The highest BCUT2D eigenvalue weighted by molar-refractivity contribution is 6.04. The van der Waals surface area contributed by atoms with E-state index in [1.807, 2.05) is 13.1 Å². The molecule has 2 aromatic heterocycles. The molecule has 0 saturated carbocycles. The van der Waals surface area contributed by atoms with Crippen LogP contribution in [0.2, 0.25) is 0 Å². The Morgan fingerprint density at radius 1 is 1.03 bits per heavy atom. The standard InChI is InChI=1S/C23H36N6O/c1-17(2)28-15-11-18(12-16-28)24-23(30)21-19-9-10-20(25-22(19)27(3)26-21)29-13-7-5-4-6-8-14-29/h9-10,17-18H,4-8,11-16H2,1-3H3,(H,24,30). The number of hydrogen-bond donors (Lipinski definition) is 1. The van der Waals surface area contributed by atoms with E-state index in [0.717, 1.165) is 55.9 Å². The van der Waals surface area contributed by atoms with Gasteiger partial charge >= 0.3 is 0 Å². The SMILES string of the molecule is CC(C)N1CCC(NC(=O)c2nn(C)c3nc(N4CCCCCCC4)ccc23)CC1. The number of nitrogens with zero attached hydrogens (tertiary/aromatic N) is 5. The fourth-order valence-electron chi connectivity index (χ4n) is 4.76. The molecule has 2 aliphatic rings. The van der Waals surface area contributed by atoms with E-state index in [-0.39, 0.29) is 11.9 Å². The number of amides is 1. The van der Waals surface area contributed by atoms with E-state index in [9.17, 15) is 4.79 Å². The second-order valence-electron chi connectivity index (χ2n) is 9.15. The van der Waals surface area contributed by atoms with Crippen LogP contribution in [0.4, 0.5) is 5.82 Å². The van der Waals surface area contributed by atoms with Crippen molar-refractivity contribution in [2.75, 3.05) is 31.1 Å². The highest BCUT2D eigenvalue weighted by atomic mass is 16.2. The van der Waals surface area contributed by atoms with Crippen LogP contribution >= 0.6 is 0 Å². The van der Waals surface area contributed by atoms with E-state index in [4.69, 9.17) is 4.98 Å².